The van der Waals surface area contributed by atoms with E-state index in [2.05, 4.69) is 21.3 Å². The zero-order valence-electron chi connectivity index (χ0n) is 36.5. The molecule has 0 aromatic rings. The van der Waals surface area contributed by atoms with Crippen LogP contribution in [-0.2, 0) is 61.2 Å². The van der Waals surface area contributed by atoms with Crippen LogP contribution < -0.4 is 21.3 Å². The third-order valence-corrected chi connectivity index (χ3v) is 10.4. The van der Waals surface area contributed by atoms with Crippen LogP contribution in [0.25, 0.3) is 0 Å². The van der Waals surface area contributed by atoms with Crippen LogP contribution in [0, 0.1) is 0 Å². The molecule has 2 aliphatic rings. The Morgan fingerprint density at radius 1 is 0.672 bits per heavy atom. The van der Waals surface area contributed by atoms with Crippen LogP contribution in [0.4, 0.5) is 9.59 Å². The molecule has 2 unspecified atom stereocenters. The number of phosphoric ester groups is 1. The van der Waals surface area contributed by atoms with E-state index in [1.54, 1.807) is 0 Å². The lowest BCUT2D eigenvalue weighted by atomic mass is 9.97. The predicted molar refractivity (Wildman–Crippen MR) is 215 cm³/mol. The van der Waals surface area contributed by atoms with Gasteiger partial charge in [-0.25, -0.2) is 14.2 Å². The highest BCUT2D eigenvalue weighted by atomic mass is 31.2. The maximum absolute atomic E-state index is 12.6. The van der Waals surface area contributed by atoms with Crippen LogP contribution in [0.5, 0.6) is 0 Å². The number of alkyl carbamates (subject to hydrolysis) is 2. The van der Waals surface area contributed by atoms with Gasteiger partial charge in [0.05, 0.1) is 38.5 Å². The maximum Gasteiger partial charge on any atom is 0.472 e. The number of phosphoric acid groups is 1. The van der Waals surface area contributed by atoms with Crippen LogP contribution in [0.2, 0.25) is 0 Å². The van der Waals surface area contributed by atoms with E-state index in [-0.39, 0.29) is 45.3 Å². The van der Waals surface area contributed by atoms with Gasteiger partial charge in [-0.1, -0.05) is 0 Å². The van der Waals surface area contributed by atoms with Crippen molar-refractivity contribution in [1.29, 1.82) is 0 Å². The van der Waals surface area contributed by atoms with Gasteiger partial charge in [0.15, 0.2) is 30.3 Å². The van der Waals surface area contributed by atoms with Gasteiger partial charge in [-0.3, -0.25) is 28.2 Å². The number of ketones is 2. The van der Waals surface area contributed by atoms with E-state index >= 15 is 0 Å². The summed E-state index contributed by atoms with van der Waals surface area (Å²) in [5, 5.41) is 69.2. The number of Topliss-reactive ketones (excluding diaryl/α,β-unsaturated/α-hetero) is 2. The highest BCUT2D eigenvalue weighted by Crippen LogP contribution is 2.47. The summed E-state index contributed by atoms with van der Waals surface area (Å²) in [5.74, 6) is -1.90. The Morgan fingerprint density at radius 2 is 1.11 bits per heavy atom. The number of carbonyl (C=O) groups is 6. The molecule has 0 aromatic carbocycles. The van der Waals surface area contributed by atoms with Gasteiger partial charge in [-0.2, -0.15) is 0 Å². The van der Waals surface area contributed by atoms with Crippen LogP contribution in [-0.4, -0.2) is 197 Å². The molecule has 0 aliphatic carbocycles. The van der Waals surface area contributed by atoms with Crippen molar-refractivity contribution in [2.75, 3.05) is 52.7 Å². The minimum atomic E-state index is -4.71. The first-order valence-corrected chi connectivity index (χ1v) is 22.0. The summed E-state index contributed by atoms with van der Waals surface area (Å²) in [6.07, 6.45) is -13.4. The zero-order valence-corrected chi connectivity index (χ0v) is 37.3. The quantitative estimate of drug-likeness (QED) is 0.0291. The minimum absolute atomic E-state index is 0.000712. The molecule has 2 rings (SSSR count). The number of amides is 4. The Balaban J connectivity index is 1.80. The molecule has 0 spiro atoms. The lowest BCUT2D eigenvalue weighted by molar-refractivity contribution is -0.270. The fourth-order valence-electron chi connectivity index (χ4n) is 6.07. The molecule has 0 saturated carbocycles. The van der Waals surface area contributed by atoms with Gasteiger partial charge in [-0.15, -0.1) is 0 Å². The summed E-state index contributed by atoms with van der Waals surface area (Å²) in [7, 11) is -4.71. The molecule has 2 fully saturated rings. The Hall–Kier alpha value is -3.47. The van der Waals surface area contributed by atoms with Crippen LogP contribution in [0.3, 0.4) is 0 Å². The van der Waals surface area contributed by atoms with Crippen LogP contribution >= 0.6 is 7.82 Å². The van der Waals surface area contributed by atoms with Crippen molar-refractivity contribution in [1.82, 2.24) is 21.3 Å². The second kappa shape index (κ2) is 27.9. The standard InChI is InChI=1S/C37H65N4O22P/c1-20(44)40-27-31(50)29(48)25(16-42)61-33(27)56-12-8-6-10-22(46)14-38-35(52)58-18-24(19-59-64(54,55)63-37(3,4)5)60-36(53)39-15-23(47)11-7-9-13-57-34-28(41-21(2)45)32(51)30(49)26(17-43)62-34/h24-34,42-43,48-51H,6-19H2,1-5H3,(H,38,52)(H,39,53)(H,40,44)(H,41,45)(H,54,55)/t24?,25-,26-,27-,28-,29+,30+,31-,32-,33-,34-/m1/s1. The van der Waals surface area contributed by atoms with Crippen LogP contribution in [0.1, 0.15) is 73.1 Å². The van der Waals surface area contributed by atoms with Gasteiger partial charge in [0.2, 0.25) is 11.8 Å². The average molecular weight is 949 g/mol. The molecule has 27 heteroatoms. The summed E-state index contributed by atoms with van der Waals surface area (Å²) in [5.41, 5.74) is -1.12. The molecule has 370 valence electrons. The lowest BCUT2D eigenvalue weighted by Gasteiger charge is -2.42. The molecule has 4 amide bonds. The van der Waals surface area contributed by atoms with Crippen molar-refractivity contribution in [2.24, 2.45) is 0 Å². The smallest absolute Gasteiger partial charge is 0.446 e. The molecule has 0 radical (unpaired) electrons. The van der Waals surface area contributed by atoms with Gasteiger partial charge < -0.3 is 85.2 Å². The van der Waals surface area contributed by atoms with Gasteiger partial charge >= 0.3 is 20.0 Å². The first-order chi connectivity index (χ1) is 30.0. The van der Waals surface area contributed by atoms with Gasteiger partial charge in [0.25, 0.3) is 0 Å². The number of nitrogens with one attached hydrogen (secondary N) is 4. The third kappa shape index (κ3) is 21.2. The van der Waals surface area contributed by atoms with Gasteiger partial charge in [0.1, 0.15) is 55.3 Å². The topological polar surface area (TPSA) is 383 Å². The van der Waals surface area contributed by atoms with Crippen molar-refractivity contribution < 1.29 is 106 Å². The Labute approximate surface area is 369 Å². The molecule has 2 aliphatic heterocycles. The number of rotatable bonds is 27. The number of hydrogen-bond donors (Lipinski definition) is 11. The highest BCUT2D eigenvalue weighted by Gasteiger charge is 2.46. The summed E-state index contributed by atoms with van der Waals surface area (Å²) < 4.78 is 54.7. The monoisotopic (exact) mass is 948 g/mol. The fraction of sp³-hybridized carbons (Fsp3) is 0.838. The SMILES string of the molecule is CC(=O)N[C@H]1[C@H](OCCCCC(=O)CNC(=O)OCC(COP(=O)(O)OC(C)(C)C)OC(=O)NCC(=O)CCCCO[C@@H]2O[C@H](CO)[C@H](O)[C@H](O)[C@H]2NC(C)=O)O[C@H](CO)[C@H](O)[C@@H]1O. The van der Waals surface area contributed by atoms with Crippen molar-refractivity contribution in [3.63, 3.8) is 0 Å². The fourth-order valence-corrected chi connectivity index (χ4v) is 7.17. The second-order valence-corrected chi connectivity index (χ2v) is 17.3. The van der Waals surface area contributed by atoms with E-state index in [1.165, 1.54) is 34.6 Å². The van der Waals surface area contributed by atoms with E-state index in [0.717, 1.165) is 0 Å². The Bertz CT molecular complexity index is 1550. The van der Waals surface area contributed by atoms with E-state index in [4.69, 9.17) is 37.5 Å². The first-order valence-electron chi connectivity index (χ1n) is 20.6. The van der Waals surface area contributed by atoms with Crippen molar-refractivity contribution >= 4 is 43.4 Å². The summed E-state index contributed by atoms with van der Waals surface area (Å²) in [4.78, 5) is 83.2. The molecule has 11 N–H and O–H groups in total. The number of aliphatic hydroxyl groups excluding tert-OH is 6. The molecule has 12 atom stereocenters. The predicted octanol–water partition coefficient (Wildman–Crippen LogP) is -2.86. The third-order valence-electron chi connectivity index (χ3n) is 9.11. The molecule has 2 heterocycles. The van der Waals surface area contributed by atoms with Crippen molar-refractivity contribution in [3.8, 4) is 0 Å². The Kier molecular flexibility index (Phi) is 24.7. The molecule has 26 nitrogen and oxygen atoms in total. The number of aliphatic hydroxyl groups is 6. The number of hydrogen-bond acceptors (Lipinski definition) is 21. The average Bonchev–Trinajstić information content (AvgIpc) is 3.20. The summed E-state index contributed by atoms with van der Waals surface area (Å²) >= 11 is 0. The van der Waals surface area contributed by atoms with Crippen molar-refractivity contribution in [3.05, 3.63) is 0 Å². The van der Waals surface area contributed by atoms with E-state index in [0.29, 0.717) is 6.42 Å². The number of unbranched alkanes of at least 4 members (excludes halogenated alkanes) is 2. The van der Waals surface area contributed by atoms with E-state index in [9.17, 15) is 68.9 Å². The molecular weight excluding hydrogens is 883 g/mol. The van der Waals surface area contributed by atoms with E-state index < -0.39 is 156 Å². The largest absolute Gasteiger partial charge is 0.472 e. The van der Waals surface area contributed by atoms with Gasteiger partial charge in [-0.05, 0) is 46.5 Å². The lowest BCUT2D eigenvalue weighted by Crippen LogP contribution is -2.64. The van der Waals surface area contributed by atoms with Crippen LogP contribution in [0.15, 0.2) is 0 Å². The molecule has 2 saturated heterocycles. The molecule has 0 aromatic heterocycles. The van der Waals surface area contributed by atoms with Crippen molar-refractivity contribution in [2.45, 2.75) is 146 Å². The minimum Gasteiger partial charge on any atom is -0.446 e. The normalized spacial score (nSPS) is 27.3. The second-order valence-electron chi connectivity index (χ2n) is 15.9. The number of carbonyl (C=O) groups excluding carboxylic acids is 6. The molecule has 0 bridgehead atoms. The molecular formula is C37H65N4O22P. The summed E-state index contributed by atoms with van der Waals surface area (Å²) in [6, 6.07) is -2.26. The highest BCUT2D eigenvalue weighted by molar-refractivity contribution is 7.47. The Morgan fingerprint density at radius 3 is 1.52 bits per heavy atom. The zero-order chi connectivity index (χ0) is 48.2. The number of ether oxygens (including phenoxy) is 6. The molecule has 64 heavy (non-hydrogen) atoms. The van der Waals surface area contributed by atoms with Gasteiger partial charge in [0, 0.05) is 39.9 Å². The maximum atomic E-state index is 12.6. The summed E-state index contributed by atoms with van der Waals surface area (Å²) in [6.45, 7) is 3.08. The first kappa shape index (κ1) is 56.7. The van der Waals surface area contributed by atoms with E-state index in [1.807, 2.05) is 0 Å².